The van der Waals surface area contributed by atoms with Crippen LogP contribution < -0.4 is 4.74 Å². The fourth-order valence-electron chi connectivity index (χ4n) is 4.05. The second-order valence-corrected chi connectivity index (χ2v) is 8.33. The summed E-state index contributed by atoms with van der Waals surface area (Å²) in [5.74, 6) is 1.30. The number of carbonyl (C=O) groups is 1. The minimum atomic E-state index is -0.297. The summed E-state index contributed by atoms with van der Waals surface area (Å²) in [5.41, 5.74) is 4.40. The zero-order valence-electron chi connectivity index (χ0n) is 19.4. The lowest BCUT2D eigenvalue weighted by molar-refractivity contribution is -0.140. The molecular formula is C26H26N4O4. The maximum atomic E-state index is 10.9. The predicted octanol–water partition coefficient (Wildman–Crippen LogP) is 4.73. The highest BCUT2D eigenvalue weighted by Crippen LogP contribution is 2.38. The van der Waals surface area contributed by atoms with E-state index in [1.165, 1.54) is 18.1 Å². The van der Waals surface area contributed by atoms with Gasteiger partial charge in [0, 0.05) is 30.2 Å². The third-order valence-electron chi connectivity index (χ3n) is 5.50. The summed E-state index contributed by atoms with van der Waals surface area (Å²) in [6.45, 7) is 5.95. The molecule has 0 bridgehead atoms. The van der Waals surface area contributed by atoms with E-state index in [-0.39, 0.29) is 24.6 Å². The number of hydrogen-bond donors (Lipinski definition) is 0. The zero-order chi connectivity index (χ0) is 24.1. The van der Waals surface area contributed by atoms with E-state index >= 15 is 0 Å². The summed E-state index contributed by atoms with van der Waals surface area (Å²) >= 11 is 0. The summed E-state index contributed by atoms with van der Waals surface area (Å²) in [7, 11) is 0. The maximum absolute atomic E-state index is 10.9. The zero-order valence-corrected chi connectivity index (χ0v) is 19.4. The first-order valence-electron chi connectivity index (χ1n) is 11.3. The lowest BCUT2D eigenvalue weighted by atomic mass is 9.99. The Morgan fingerprint density at radius 2 is 2.21 bits per heavy atom. The Hall–Kier alpha value is -3.99. The number of ether oxygens (including phenoxy) is 2. The third kappa shape index (κ3) is 5.15. The molecule has 0 spiro atoms. The van der Waals surface area contributed by atoms with E-state index in [1.54, 1.807) is 12.1 Å². The van der Waals surface area contributed by atoms with Crippen LogP contribution in [0.15, 0.2) is 45.9 Å². The van der Waals surface area contributed by atoms with E-state index in [4.69, 9.17) is 14.0 Å². The van der Waals surface area contributed by atoms with E-state index < -0.39 is 0 Å². The van der Waals surface area contributed by atoms with Crippen molar-refractivity contribution in [3.05, 3.63) is 53.1 Å². The average Bonchev–Trinajstić information content (AvgIpc) is 3.46. The Labute approximate surface area is 198 Å². The van der Waals surface area contributed by atoms with Gasteiger partial charge in [-0.25, -0.2) is 0 Å². The van der Waals surface area contributed by atoms with Crippen LogP contribution in [0.2, 0.25) is 0 Å². The highest BCUT2D eigenvalue weighted by atomic mass is 16.5. The Morgan fingerprint density at radius 1 is 1.35 bits per heavy atom. The van der Waals surface area contributed by atoms with E-state index in [1.807, 2.05) is 38.3 Å². The van der Waals surface area contributed by atoms with E-state index in [0.29, 0.717) is 35.1 Å². The number of carbonyl (C=O) groups excluding carboxylic acids is 1. The number of nitrogens with zero attached hydrogens (tertiary/aromatic N) is 4. The first-order chi connectivity index (χ1) is 16.5. The molecule has 0 amide bonds. The number of esters is 1. The number of fused-ring (bicyclic) bond motifs is 1. The molecule has 0 fully saturated rings. The summed E-state index contributed by atoms with van der Waals surface area (Å²) in [6.07, 6.45) is 3.73. The molecule has 0 saturated heterocycles. The Morgan fingerprint density at radius 3 is 2.97 bits per heavy atom. The Kier molecular flexibility index (Phi) is 7.02. The van der Waals surface area contributed by atoms with Crippen LogP contribution in [0.25, 0.3) is 22.8 Å². The molecule has 4 rings (SSSR count). The van der Waals surface area contributed by atoms with Gasteiger partial charge in [0.1, 0.15) is 18.4 Å². The molecule has 1 unspecified atom stereocenters. The molecular weight excluding hydrogens is 432 g/mol. The predicted molar refractivity (Wildman–Crippen MR) is 127 cm³/mol. The first-order valence-corrected chi connectivity index (χ1v) is 11.3. The number of benzene rings is 2. The quantitative estimate of drug-likeness (QED) is 0.273. The smallest absolute Gasteiger partial charge is 0.302 e. The van der Waals surface area contributed by atoms with Crippen LogP contribution in [0.5, 0.6) is 5.75 Å². The minimum absolute atomic E-state index is 0.0316. The van der Waals surface area contributed by atoms with Crippen molar-refractivity contribution in [2.24, 2.45) is 4.99 Å². The number of nitriles is 1. The molecule has 1 aliphatic rings. The molecule has 8 heteroatoms. The standard InChI is InChI=1S/C26H26N4O4/c1-16(2)33-24-10-8-18(13-20(24)14-27)26-29-25(30-34-26)23-6-4-5-21-19(7-9-22(21)23)15-28-11-12-32-17(3)31/h4-6,8,10,13,15-16,19H,7,9,11-12H2,1-3H3. The Bertz CT molecular complexity index is 1260. The second kappa shape index (κ2) is 10.3. The van der Waals surface area contributed by atoms with Gasteiger partial charge in [-0.05, 0) is 56.0 Å². The summed E-state index contributed by atoms with van der Waals surface area (Å²) in [5, 5.41) is 13.7. The number of hydrogen-bond acceptors (Lipinski definition) is 8. The fraction of sp³-hybridized carbons (Fsp3) is 0.346. The van der Waals surface area contributed by atoms with Crippen LogP contribution in [-0.4, -0.2) is 41.6 Å². The van der Waals surface area contributed by atoms with Crippen molar-refractivity contribution in [1.82, 2.24) is 10.1 Å². The molecule has 1 heterocycles. The molecule has 0 N–H and O–H groups in total. The van der Waals surface area contributed by atoms with Crippen LogP contribution in [0.1, 0.15) is 49.8 Å². The van der Waals surface area contributed by atoms with Gasteiger partial charge in [-0.3, -0.25) is 9.79 Å². The van der Waals surface area contributed by atoms with Gasteiger partial charge in [0.05, 0.1) is 18.2 Å². The fourth-order valence-corrected chi connectivity index (χ4v) is 4.05. The third-order valence-corrected chi connectivity index (χ3v) is 5.50. The van der Waals surface area contributed by atoms with Gasteiger partial charge < -0.3 is 14.0 Å². The van der Waals surface area contributed by atoms with Crippen LogP contribution in [0.3, 0.4) is 0 Å². The lowest BCUT2D eigenvalue weighted by Crippen LogP contribution is -2.06. The highest BCUT2D eigenvalue weighted by molar-refractivity contribution is 5.75. The molecule has 2 aromatic carbocycles. The van der Waals surface area contributed by atoms with Crippen LogP contribution in [0, 0.1) is 11.3 Å². The topological polar surface area (TPSA) is 111 Å². The molecule has 1 aromatic heterocycles. The molecule has 34 heavy (non-hydrogen) atoms. The van der Waals surface area contributed by atoms with Gasteiger partial charge >= 0.3 is 5.97 Å². The van der Waals surface area contributed by atoms with Gasteiger partial charge in [-0.2, -0.15) is 10.2 Å². The van der Waals surface area contributed by atoms with Crippen molar-refractivity contribution in [2.75, 3.05) is 13.2 Å². The van der Waals surface area contributed by atoms with Gasteiger partial charge in [-0.15, -0.1) is 0 Å². The number of rotatable bonds is 8. The van der Waals surface area contributed by atoms with Gasteiger partial charge in [0.2, 0.25) is 5.82 Å². The van der Waals surface area contributed by atoms with Crippen molar-refractivity contribution in [3.8, 4) is 34.7 Å². The second-order valence-electron chi connectivity index (χ2n) is 8.33. The Balaban J connectivity index is 1.54. The molecule has 0 radical (unpaired) electrons. The first kappa shape index (κ1) is 23.2. The molecule has 1 atom stereocenters. The lowest BCUT2D eigenvalue weighted by Gasteiger charge is -2.11. The largest absolute Gasteiger partial charge is 0.490 e. The molecule has 174 valence electrons. The monoisotopic (exact) mass is 458 g/mol. The molecule has 8 nitrogen and oxygen atoms in total. The van der Waals surface area contributed by atoms with E-state index in [0.717, 1.165) is 18.4 Å². The summed E-state index contributed by atoms with van der Waals surface area (Å²) in [6, 6.07) is 13.5. The summed E-state index contributed by atoms with van der Waals surface area (Å²) < 4.78 is 16.2. The van der Waals surface area contributed by atoms with E-state index in [2.05, 4.69) is 27.3 Å². The van der Waals surface area contributed by atoms with Crippen molar-refractivity contribution >= 4 is 12.2 Å². The molecule has 3 aromatic rings. The normalized spacial score (nSPS) is 14.9. The average molecular weight is 459 g/mol. The maximum Gasteiger partial charge on any atom is 0.302 e. The van der Waals surface area contributed by atoms with Crippen molar-refractivity contribution in [2.45, 2.75) is 45.6 Å². The van der Waals surface area contributed by atoms with Gasteiger partial charge in [-0.1, -0.05) is 23.4 Å². The number of aliphatic imine (C=N–C) groups is 1. The van der Waals surface area contributed by atoms with Crippen molar-refractivity contribution < 1.29 is 18.8 Å². The van der Waals surface area contributed by atoms with Crippen LogP contribution in [0.4, 0.5) is 0 Å². The van der Waals surface area contributed by atoms with Gasteiger partial charge in [0.25, 0.3) is 5.89 Å². The molecule has 0 saturated carbocycles. The van der Waals surface area contributed by atoms with Crippen LogP contribution >= 0.6 is 0 Å². The molecule has 0 aliphatic heterocycles. The highest BCUT2D eigenvalue weighted by Gasteiger charge is 2.25. The summed E-state index contributed by atoms with van der Waals surface area (Å²) in [4.78, 5) is 19.9. The number of aromatic nitrogens is 2. The van der Waals surface area contributed by atoms with E-state index in [9.17, 15) is 10.1 Å². The molecule has 1 aliphatic carbocycles. The minimum Gasteiger partial charge on any atom is -0.490 e. The SMILES string of the molecule is CC(=O)OCCN=CC1CCc2c(-c3noc(-c4ccc(OC(C)C)c(C#N)c4)n3)cccc21. The van der Waals surface area contributed by atoms with Crippen LogP contribution in [-0.2, 0) is 16.0 Å². The van der Waals surface area contributed by atoms with Crippen molar-refractivity contribution in [1.29, 1.82) is 5.26 Å². The van der Waals surface area contributed by atoms with Gasteiger partial charge in [0.15, 0.2) is 0 Å². The van der Waals surface area contributed by atoms with Crippen molar-refractivity contribution in [3.63, 3.8) is 0 Å².